The number of carbonyl (C=O) groups is 3. The maximum absolute atomic E-state index is 12.2. The molecule has 0 spiro atoms. The van der Waals surface area contributed by atoms with E-state index in [-0.39, 0.29) is 12.5 Å². The Morgan fingerprint density at radius 3 is 2.28 bits per heavy atom. The first-order chi connectivity index (χ1) is 15.5. The number of nitrogens with one attached hydrogen (secondary N) is 3. The zero-order chi connectivity index (χ0) is 23.3. The summed E-state index contributed by atoms with van der Waals surface area (Å²) in [5, 5.41) is 8.66. The summed E-state index contributed by atoms with van der Waals surface area (Å²) < 4.78 is 16.5. The highest BCUT2D eigenvalue weighted by molar-refractivity contribution is 6.35. The monoisotopic (exact) mass is 442 g/mol. The first-order valence-electron chi connectivity index (χ1n) is 9.94. The number of hydrogen-bond acceptors (Lipinski definition) is 7. The second-order valence-electron chi connectivity index (χ2n) is 6.21. The number of amides is 3. The van der Waals surface area contributed by atoms with Gasteiger partial charge >= 0.3 is 11.8 Å². The summed E-state index contributed by atoms with van der Waals surface area (Å²) >= 11 is 0. The lowest BCUT2D eigenvalue weighted by Gasteiger charge is -2.13. The predicted molar refractivity (Wildman–Crippen MR) is 119 cm³/mol. The van der Waals surface area contributed by atoms with Gasteiger partial charge < -0.3 is 24.8 Å². The minimum Gasteiger partial charge on any atom is -0.494 e. The van der Waals surface area contributed by atoms with Crippen LogP contribution in [0.3, 0.4) is 0 Å². The number of likely N-dealkylation sites (N-methyl/N-ethyl adjacent to an activating group) is 1. The summed E-state index contributed by atoms with van der Waals surface area (Å²) in [6.07, 6.45) is 1.35. The van der Waals surface area contributed by atoms with E-state index in [2.05, 4.69) is 21.2 Å². The van der Waals surface area contributed by atoms with Crippen LogP contribution in [-0.2, 0) is 14.4 Å². The van der Waals surface area contributed by atoms with Gasteiger partial charge in [0.25, 0.3) is 5.91 Å². The van der Waals surface area contributed by atoms with Gasteiger partial charge in [0, 0.05) is 12.7 Å². The van der Waals surface area contributed by atoms with Crippen molar-refractivity contribution in [2.45, 2.75) is 13.8 Å². The van der Waals surface area contributed by atoms with Crippen molar-refractivity contribution in [1.29, 1.82) is 0 Å². The van der Waals surface area contributed by atoms with Crippen LogP contribution in [0.15, 0.2) is 47.6 Å². The van der Waals surface area contributed by atoms with Crippen molar-refractivity contribution >= 4 is 29.6 Å². The van der Waals surface area contributed by atoms with E-state index in [1.807, 2.05) is 13.8 Å². The second-order valence-corrected chi connectivity index (χ2v) is 6.21. The lowest BCUT2D eigenvalue weighted by atomic mass is 10.2. The highest BCUT2D eigenvalue weighted by Gasteiger charge is 2.11. The van der Waals surface area contributed by atoms with Gasteiger partial charge in [0.15, 0.2) is 18.1 Å². The molecule has 0 bridgehead atoms. The van der Waals surface area contributed by atoms with Crippen LogP contribution in [0.2, 0.25) is 0 Å². The Kier molecular flexibility index (Phi) is 9.51. The van der Waals surface area contributed by atoms with E-state index in [4.69, 9.17) is 14.2 Å². The van der Waals surface area contributed by atoms with E-state index >= 15 is 0 Å². The van der Waals surface area contributed by atoms with Crippen molar-refractivity contribution in [2.75, 3.05) is 32.2 Å². The normalized spacial score (nSPS) is 10.3. The molecule has 170 valence electrons. The fourth-order valence-corrected chi connectivity index (χ4v) is 2.46. The number of carbonyl (C=O) groups excluding carboxylic acids is 3. The predicted octanol–water partition coefficient (Wildman–Crippen LogP) is 1.70. The van der Waals surface area contributed by atoms with Crippen molar-refractivity contribution in [3.63, 3.8) is 0 Å². The highest BCUT2D eigenvalue weighted by atomic mass is 16.5. The molecule has 3 N–H and O–H groups in total. The molecule has 0 aliphatic carbocycles. The molecule has 0 radical (unpaired) electrons. The molecule has 2 aromatic rings. The molecule has 0 atom stereocenters. The lowest BCUT2D eigenvalue weighted by Crippen LogP contribution is -2.35. The zero-order valence-electron chi connectivity index (χ0n) is 18.1. The van der Waals surface area contributed by atoms with E-state index in [0.29, 0.717) is 36.0 Å². The van der Waals surface area contributed by atoms with Crippen molar-refractivity contribution in [3.05, 3.63) is 48.0 Å². The number of hydrazone groups is 1. The second kappa shape index (κ2) is 12.6. The largest absolute Gasteiger partial charge is 0.494 e. The summed E-state index contributed by atoms with van der Waals surface area (Å²) in [5.41, 5.74) is 3.32. The molecule has 3 amide bonds. The third kappa shape index (κ3) is 7.63. The first-order valence-corrected chi connectivity index (χ1v) is 9.94. The maximum Gasteiger partial charge on any atom is 0.329 e. The molecule has 0 heterocycles. The average Bonchev–Trinajstić information content (AvgIpc) is 2.79. The topological polar surface area (TPSA) is 127 Å². The quantitative estimate of drug-likeness (QED) is 0.292. The van der Waals surface area contributed by atoms with Crippen molar-refractivity contribution in [3.8, 4) is 17.2 Å². The number of benzene rings is 2. The molecule has 10 heteroatoms. The van der Waals surface area contributed by atoms with Gasteiger partial charge in [0.05, 0.1) is 19.4 Å². The van der Waals surface area contributed by atoms with Crippen LogP contribution in [0, 0.1) is 0 Å². The molecular weight excluding hydrogens is 416 g/mol. The van der Waals surface area contributed by atoms with Gasteiger partial charge in [0.1, 0.15) is 5.75 Å². The summed E-state index contributed by atoms with van der Waals surface area (Å²) in [7, 11) is 1.34. The average molecular weight is 442 g/mol. The van der Waals surface area contributed by atoms with E-state index < -0.39 is 11.8 Å². The van der Waals surface area contributed by atoms with Crippen LogP contribution in [0.1, 0.15) is 19.4 Å². The van der Waals surface area contributed by atoms with Crippen LogP contribution >= 0.6 is 0 Å². The summed E-state index contributed by atoms with van der Waals surface area (Å²) in [4.78, 5) is 34.8. The molecule has 0 unspecified atom stereocenters. The van der Waals surface area contributed by atoms with Crippen LogP contribution in [0.4, 0.5) is 5.69 Å². The van der Waals surface area contributed by atoms with Gasteiger partial charge in [-0.15, -0.1) is 0 Å². The standard InChI is InChI=1S/C22H26N4O6/c1-4-30-17-9-7-16(8-10-17)25-20(27)14-32-18-11-6-15(12-19(18)31-5-2)13-24-26-22(29)21(28)23-3/h6-13H,4-5,14H2,1-3H3,(H,23,28)(H,25,27)(H,26,29)/b24-13-. The molecule has 0 saturated carbocycles. The van der Waals surface area contributed by atoms with Gasteiger partial charge in [-0.1, -0.05) is 0 Å². The van der Waals surface area contributed by atoms with Gasteiger partial charge in [-0.05, 0) is 61.9 Å². The fraction of sp³-hybridized carbons (Fsp3) is 0.273. The third-order valence-electron chi connectivity index (χ3n) is 3.89. The van der Waals surface area contributed by atoms with Crippen molar-refractivity contribution < 1.29 is 28.6 Å². The molecule has 0 fully saturated rings. The van der Waals surface area contributed by atoms with E-state index in [1.165, 1.54) is 13.3 Å². The zero-order valence-corrected chi connectivity index (χ0v) is 18.1. The smallest absolute Gasteiger partial charge is 0.329 e. The SMILES string of the molecule is CCOc1ccc(NC(=O)COc2ccc(/C=N\NC(=O)C(=O)NC)cc2OCC)cc1. The number of ether oxygens (including phenoxy) is 3. The van der Waals surface area contributed by atoms with Crippen LogP contribution in [0.25, 0.3) is 0 Å². The molecule has 0 saturated heterocycles. The maximum atomic E-state index is 12.2. The molecule has 2 rings (SSSR count). The Bertz CT molecular complexity index is 959. The minimum atomic E-state index is -0.882. The number of nitrogens with zero attached hydrogens (tertiary/aromatic N) is 1. The molecule has 0 aromatic heterocycles. The van der Waals surface area contributed by atoms with Crippen LogP contribution < -0.4 is 30.3 Å². The highest BCUT2D eigenvalue weighted by Crippen LogP contribution is 2.28. The Morgan fingerprint density at radius 2 is 1.62 bits per heavy atom. The van der Waals surface area contributed by atoms with Crippen molar-refractivity contribution in [2.24, 2.45) is 5.10 Å². The summed E-state index contributed by atoms with van der Waals surface area (Å²) in [5.74, 6) is -0.515. The van der Waals surface area contributed by atoms with Gasteiger partial charge in [-0.3, -0.25) is 14.4 Å². The first kappa shape index (κ1) is 24.2. The molecule has 32 heavy (non-hydrogen) atoms. The number of hydrogen-bond donors (Lipinski definition) is 3. The molecule has 2 aromatic carbocycles. The van der Waals surface area contributed by atoms with E-state index in [0.717, 1.165) is 5.75 Å². The number of rotatable bonds is 10. The van der Waals surface area contributed by atoms with Gasteiger partial charge in [-0.25, -0.2) is 5.43 Å². The van der Waals surface area contributed by atoms with Gasteiger partial charge in [0.2, 0.25) is 0 Å². The van der Waals surface area contributed by atoms with E-state index in [1.54, 1.807) is 42.5 Å². The Balaban J connectivity index is 1.96. The summed E-state index contributed by atoms with van der Waals surface area (Å²) in [6, 6.07) is 11.9. The molecular formula is C22H26N4O6. The molecule has 0 aliphatic heterocycles. The minimum absolute atomic E-state index is 0.219. The Hall–Kier alpha value is -4.08. The van der Waals surface area contributed by atoms with Crippen molar-refractivity contribution in [1.82, 2.24) is 10.7 Å². The third-order valence-corrected chi connectivity index (χ3v) is 3.89. The number of anilines is 1. The fourth-order valence-electron chi connectivity index (χ4n) is 2.46. The Morgan fingerprint density at radius 1 is 0.906 bits per heavy atom. The van der Waals surface area contributed by atoms with Gasteiger partial charge in [-0.2, -0.15) is 5.10 Å². The summed E-state index contributed by atoms with van der Waals surface area (Å²) in [6.45, 7) is 4.43. The lowest BCUT2D eigenvalue weighted by molar-refractivity contribution is -0.138. The molecule has 0 aliphatic rings. The Labute approximate surface area is 185 Å². The van der Waals surface area contributed by atoms with Crippen LogP contribution in [-0.4, -0.2) is 50.8 Å². The van der Waals surface area contributed by atoms with E-state index in [9.17, 15) is 14.4 Å². The van der Waals surface area contributed by atoms with Crippen LogP contribution in [0.5, 0.6) is 17.2 Å². The molecule has 10 nitrogen and oxygen atoms in total.